The quantitative estimate of drug-likeness (QED) is 0.521. The number of carbonyl (C=O) groups excluding carboxylic acids is 1. The minimum atomic E-state index is -0.357. The van der Waals surface area contributed by atoms with Gasteiger partial charge in [0.15, 0.2) is 5.17 Å². The zero-order valence-electron chi connectivity index (χ0n) is 16.5. The van der Waals surface area contributed by atoms with E-state index >= 15 is 0 Å². The molecule has 8 heteroatoms. The standard InChI is InChI=1S/C22H20Cl2N2O3S/c1-3-29-21(27)20-17(12-28-2)26-19(14-6-10-16(24)11-7-14)18(25-22(26)30-20)13-4-8-15(23)9-5-13/h4-11,18-19H,3,12H2,1-2H3/t18-,19+/m0/s1. The second-order valence-electron chi connectivity index (χ2n) is 6.81. The molecule has 30 heavy (non-hydrogen) atoms. The van der Waals surface area contributed by atoms with Gasteiger partial charge in [-0.25, -0.2) is 4.79 Å². The van der Waals surface area contributed by atoms with Crippen molar-refractivity contribution < 1.29 is 14.3 Å². The molecule has 0 unspecified atom stereocenters. The minimum Gasteiger partial charge on any atom is -0.462 e. The lowest BCUT2D eigenvalue weighted by molar-refractivity contribution is -0.137. The van der Waals surface area contributed by atoms with Crippen LogP contribution in [0.25, 0.3) is 0 Å². The van der Waals surface area contributed by atoms with E-state index in [1.165, 1.54) is 11.8 Å². The van der Waals surface area contributed by atoms with E-state index in [2.05, 4.69) is 4.90 Å². The summed E-state index contributed by atoms with van der Waals surface area (Å²) in [6, 6.07) is 15.1. The predicted octanol–water partition coefficient (Wildman–Crippen LogP) is 5.62. The van der Waals surface area contributed by atoms with Crippen LogP contribution >= 0.6 is 35.0 Å². The molecule has 2 atom stereocenters. The Morgan fingerprint density at radius 2 is 1.67 bits per heavy atom. The van der Waals surface area contributed by atoms with E-state index in [-0.39, 0.29) is 24.7 Å². The number of nitrogens with zero attached hydrogens (tertiary/aromatic N) is 2. The van der Waals surface area contributed by atoms with Crippen molar-refractivity contribution in [3.63, 3.8) is 0 Å². The van der Waals surface area contributed by atoms with Crippen LogP contribution < -0.4 is 0 Å². The van der Waals surface area contributed by atoms with Crippen LogP contribution in [0.15, 0.2) is 64.1 Å². The third-order valence-electron chi connectivity index (χ3n) is 4.94. The predicted molar refractivity (Wildman–Crippen MR) is 121 cm³/mol. The molecule has 0 saturated carbocycles. The molecule has 0 saturated heterocycles. The molecule has 0 fully saturated rings. The molecule has 2 aliphatic heterocycles. The van der Waals surface area contributed by atoms with E-state index in [9.17, 15) is 4.79 Å². The normalized spacial score (nSPS) is 20.4. The van der Waals surface area contributed by atoms with Crippen LogP contribution in [0, 0.1) is 0 Å². The molecule has 0 amide bonds. The number of halogens is 2. The van der Waals surface area contributed by atoms with Crippen molar-refractivity contribution in [2.24, 2.45) is 4.99 Å². The number of carbonyl (C=O) groups is 1. The number of rotatable bonds is 6. The van der Waals surface area contributed by atoms with Crippen LogP contribution in [0.3, 0.4) is 0 Å². The summed E-state index contributed by atoms with van der Waals surface area (Å²) in [7, 11) is 1.61. The van der Waals surface area contributed by atoms with Gasteiger partial charge in [-0.05, 0) is 54.1 Å². The van der Waals surface area contributed by atoms with Gasteiger partial charge in [0.1, 0.15) is 10.9 Å². The highest BCUT2D eigenvalue weighted by Gasteiger charge is 2.46. The van der Waals surface area contributed by atoms with E-state index in [0.29, 0.717) is 21.6 Å². The van der Waals surface area contributed by atoms with Gasteiger partial charge < -0.3 is 14.4 Å². The fourth-order valence-electron chi connectivity index (χ4n) is 3.67. The second-order valence-corrected chi connectivity index (χ2v) is 8.66. The largest absolute Gasteiger partial charge is 0.462 e. The third-order valence-corrected chi connectivity index (χ3v) is 6.54. The highest BCUT2D eigenvalue weighted by molar-refractivity contribution is 8.18. The second kappa shape index (κ2) is 9.02. The number of esters is 1. The van der Waals surface area contributed by atoms with E-state index in [4.69, 9.17) is 37.7 Å². The highest BCUT2D eigenvalue weighted by atomic mass is 35.5. The number of aliphatic imine (C=N–C) groups is 1. The van der Waals surface area contributed by atoms with Crippen LogP contribution in [0.5, 0.6) is 0 Å². The lowest BCUT2D eigenvalue weighted by atomic mass is 9.93. The maximum atomic E-state index is 12.6. The average molecular weight is 463 g/mol. The number of hydrogen-bond acceptors (Lipinski definition) is 6. The maximum absolute atomic E-state index is 12.6. The molecule has 2 heterocycles. The van der Waals surface area contributed by atoms with Crippen LogP contribution in [0.2, 0.25) is 10.0 Å². The summed E-state index contributed by atoms with van der Waals surface area (Å²) < 4.78 is 10.7. The van der Waals surface area contributed by atoms with Gasteiger partial charge in [-0.3, -0.25) is 4.99 Å². The number of hydrogen-bond donors (Lipinski definition) is 0. The van der Waals surface area contributed by atoms with Crippen LogP contribution in [-0.4, -0.2) is 36.4 Å². The Kier molecular flexibility index (Phi) is 6.39. The Labute approximate surface area is 189 Å². The molecule has 4 rings (SSSR count). The number of thioether (sulfide) groups is 1. The van der Waals surface area contributed by atoms with E-state index in [1.807, 2.05) is 48.5 Å². The van der Waals surface area contributed by atoms with Crippen molar-refractivity contribution in [2.75, 3.05) is 20.3 Å². The number of benzene rings is 2. The summed E-state index contributed by atoms with van der Waals surface area (Å²) in [5, 5.41) is 2.09. The molecular weight excluding hydrogens is 443 g/mol. The lowest BCUT2D eigenvalue weighted by Gasteiger charge is -2.29. The molecular formula is C22H20Cl2N2O3S. The van der Waals surface area contributed by atoms with Gasteiger partial charge in [0.25, 0.3) is 0 Å². The summed E-state index contributed by atoms with van der Waals surface area (Å²) in [4.78, 5) is 20.2. The SMILES string of the molecule is CCOC(=O)C1=C(COC)N2C(=N[C@@H](c3ccc(Cl)cc3)[C@H]2c2ccc(Cl)cc2)S1. The monoisotopic (exact) mass is 462 g/mol. The summed E-state index contributed by atoms with van der Waals surface area (Å²) in [5.74, 6) is -0.357. The van der Waals surface area contributed by atoms with Crippen LogP contribution in [-0.2, 0) is 14.3 Å². The van der Waals surface area contributed by atoms with E-state index in [0.717, 1.165) is 22.0 Å². The molecule has 2 aromatic carbocycles. The van der Waals surface area contributed by atoms with Crippen LogP contribution in [0.4, 0.5) is 0 Å². The van der Waals surface area contributed by atoms with Gasteiger partial charge >= 0.3 is 5.97 Å². The van der Waals surface area contributed by atoms with Crippen molar-refractivity contribution in [3.05, 3.63) is 80.3 Å². The maximum Gasteiger partial charge on any atom is 0.346 e. The van der Waals surface area contributed by atoms with Gasteiger partial charge in [0.2, 0.25) is 0 Å². The number of amidine groups is 1. The first-order valence-electron chi connectivity index (χ1n) is 9.48. The molecule has 0 aliphatic carbocycles. The number of methoxy groups -OCH3 is 1. The topological polar surface area (TPSA) is 51.1 Å². The molecule has 2 aliphatic rings. The Hall–Kier alpha value is -1.99. The van der Waals surface area contributed by atoms with Crippen LogP contribution in [0.1, 0.15) is 30.1 Å². The molecule has 0 bridgehead atoms. The summed E-state index contributed by atoms with van der Waals surface area (Å²) in [5.41, 5.74) is 2.84. The van der Waals surface area contributed by atoms with Crippen molar-refractivity contribution in [2.45, 2.75) is 19.0 Å². The summed E-state index contributed by atoms with van der Waals surface area (Å²) in [6.45, 7) is 2.38. The number of ether oxygens (including phenoxy) is 2. The van der Waals surface area contributed by atoms with E-state index in [1.54, 1.807) is 14.0 Å². The highest BCUT2D eigenvalue weighted by Crippen LogP contribution is 2.52. The molecule has 0 aromatic heterocycles. The fourth-order valence-corrected chi connectivity index (χ4v) is 5.01. The Balaban J connectivity index is 1.80. The molecule has 0 spiro atoms. The van der Waals surface area contributed by atoms with Crippen molar-refractivity contribution in [3.8, 4) is 0 Å². The van der Waals surface area contributed by atoms with Crippen molar-refractivity contribution in [1.29, 1.82) is 0 Å². The molecule has 156 valence electrons. The first-order chi connectivity index (χ1) is 14.5. The zero-order valence-corrected chi connectivity index (χ0v) is 18.8. The molecule has 2 aromatic rings. The lowest BCUT2D eigenvalue weighted by Crippen LogP contribution is -2.29. The Morgan fingerprint density at radius 3 is 2.23 bits per heavy atom. The average Bonchev–Trinajstić information content (AvgIpc) is 3.27. The summed E-state index contributed by atoms with van der Waals surface area (Å²) >= 11 is 13.5. The zero-order chi connectivity index (χ0) is 21.3. The van der Waals surface area contributed by atoms with Gasteiger partial charge in [0.05, 0.1) is 25.0 Å². The van der Waals surface area contributed by atoms with Crippen molar-refractivity contribution in [1.82, 2.24) is 4.90 Å². The molecule has 0 N–H and O–H groups in total. The van der Waals surface area contributed by atoms with Gasteiger partial charge in [0, 0.05) is 17.2 Å². The molecule has 0 radical (unpaired) electrons. The summed E-state index contributed by atoms with van der Waals surface area (Å²) in [6.07, 6.45) is 0. The first kappa shape index (κ1) is 21.2. The number of fused-ring (bicyclic) bond motifs is 1. The fraction of sp³-hybridized carbons (Fsp3) is 0.273. The van der Waals surface area contributed by atoms with E-state index < -0.39 is 0 Å². The minimum absolute atomic E-state index is 0.150. The third kappa shape index (κ3) is 3.97. The van der Waals surface area contributed by atoms with Gasteiger partial charge in [-0.2, -0.15) is 0 Å². The van der Waals surface area contributed by atoms with Gasteiger partial charge in [-0.1, -0.05) is 47.5 Å². The van der Waals surface area contributed by atoms with Crippen molar-refractivity contribution >= 4 is 46.1 Å². The Morgan fingerprint density at radius 1 is 1.07 bits per heavy atom. The van der Waals surface area contributed by atoms with Gasteiger partial charge in [-0.15, -0.1) is 0 Å². The molecule has 5 nitrogen and oxygen atoms in total. The first-order valence-corrected chi connectivity index (χ1v) is 11.1. The smallest absolute Gasteiger partial charge is 0.346 e. The Bertz CT molecular complexity index is 1010.